The number of rotatable bonds is 10. The van der Waals surface area contributed by atoms with Crippen molar-refractivity contribution >= 4 is 29.2 Å². The van der Waals surface area contributed by atoms with Crippen molar-refractivity contribution in [2.75, 3.05) is 23.7 Å². The number of para-hydroxylation sites is 1. The third-order valence-corrected chi connectivity index (χ3v) is 4.38. The highest BCUT2D eigenvalue weighted by Gasteiger charge is 2.22. The summed E-state index contributed by atoms with van der Waals surface area (Å²) in [6.07, 6.45) is 0.672. The molecule has 2 amide bonds. The summed E-state index contributed by atoms with van der Waals surface area (Å²) in [5.41, 5.74) is 0.260. The van der Waals surface area contributed by atoms with Crippen molar-refractivity contribution in [2.24, 2.45) is 0 Å². The zero-order valence-corrected chi connectivity index (χ0v) is 17.6. The molecule has 0 saturated carbocycles. The number of halogens is 3. The number of amides is 2. The molecule has 32 heavy (non-hydrogen) atoms. The number of ether oxygens (including phenoxy) is 1. The predicted octanol–water partition coefficient (Wildman–Crippen LogP) is 3.62. The molecule has 0 heterocycles. The maximum Gasteiger partial charge on any atom is 0.341 e. The number of carbonyl (C=O) groups is 3. The number of esters is 1. The Hall–Kier alpha value is -3.56. The molecule has 0 aromatic heterocycles. The molecule has 2 rings (SSSR count). The van der Waals surface area contributed by atoms with Crippen LogP contribution in [-0.4, -0.2) is 37.0 Å². The van der Waals surface area contributed by atoms with E-state index >= 15 is 0 Å². The first-order valence-electron chi connectivity index (χ1n) is 9.99. The molecular formula is C22H24F3N3O4. The first kappa shape index (κ1) is 24.7. The second-order valence-electron chi connectivity index (χ2n) is 6.86. The molecule has 0 bridgehead atoms. The van der Waals surface area contributed by atoms with Crippen LogP contribution in [0.25, 0.3) is 0 Å². The number of carbonyl (C=O) groups excluding carboxylic acids is 3. The van der Waals surface area contributed by atoms with Crippen molar-refractivity contribution in [3.8, 4) is 0 Å². The van der Waals surface area contributed by atoms with Gasteiger partial charge in [-0.15, -0.1) is 0 Å². The predicted molar refractivity (Wildman–Crippen MR) is 113 cm³/mol. The van der Waals surface area contributed by atoms with Crippen molar-refractivity contribution in [1.82, 2.24) is 5.32 Å². The maximum atomic E-state index is 13.6. The highest BCUT2D eigenvalue weighted by atomic mass is 19.2. The smallest absolute Gasteiger partial charge is 0.341 e. The van der Waals surface area contributed by atoms with Gasteiger partial charge in [-0.2, -0.15) is 0 Å². The fraction of sp³-hybridized carbons (Fsp3) is 0.318. The molecule has 0 spiro atoms. The lowest BCUT2D eigenvalue weighted by atomic mass is 10.1. The zero-order valence-electron chi connectivity index (χ0n) is 17.6. The molecule has 7 nitrogen and oxygen atoms in total. The van der Waals surface area contributed by atoms with Crippen LogP contribution >= 0.6 is 0 Å². The number of benzene rings is 2. The van der Waals surface area contributed by atoms with Crippen LogP contribution < -0.4 is 16.0 Å². The van der Waals surface area contributed by atoms with Gasteiger partial charge >= 0.3 is 5.97 Å². The molecule has 0 aliphatic heterocycles. The lowest BCUT2D eigenvalue weighted by Crippen LogP contribution is -2.40. The van der Waals surface area contributed by atoms with E-state index in [-0.39, 0.29) is 5.56 Å². The lowest BCUT2D eigenvalue weighted by Gasteiger charge is -2.16. The van der Waals surface area contributed by atoms with E-state index in [0.717, 1.165) is 18.9 Å². The van der Waals surface area contributed by atoms with Gasteiger partial charge in [0.2, 0.25) is 5.91 Å². The standard InChI is InChI=1S/C22H24F3N3O4/c1-3-4-11-26-16-8-6-5-7-14(16)22(31)32-13(2)21(30)27-12-18(29)28-17-10-9-15(23)19(24)20(17)25/h5-10,13,26H,3-4,11-12H2,1-2H3,(H,27,30)(H,28,29). The van der Waals surface area contributed by atoms with Gasteiger partial charge < -0.3 is 20.7 Å². The van der Waals surface area contributed by atoms with E-state index in [1.54, 1.807) is 24.3 Å². The second-order valence-corrected chi connectivity index (χ2v) is 6.86. The summed E-state index contributed by atoms with van der Waals surface area (Å²) < 4.78 is 44.9. The van der Waals surface area contributed by atoms with Gasteiger partial charge in [0.25, 0.3) is 5.91 Å². The van der Waals surface area contributed by atoms with Gasteiger partial charge in [-0.3, -0.25) is 9.59 Å². The second kappa shape index (κ2) is 11.7. The van der Waals surface area contributed by atoms with Gasteiger partial charge in [0.1, 0.15) is 0 Å². The average Bonchev–Trinajstić information content (AvgIpc) is 2.78. The van der Waals surface area contributed by atoms with Gasteiger partial charge in [-0.05, 0) is 37.6 Å². The highest BCUT2D eigenvalue weighted by Crippen LogP contribution is 2.19. The molecule has 1 unspecified atom stereocenters. The lowest BCUT2D eigenvalue weighted by molar-refractivity contribution is -0.130. The van der Waals surface area contributed by atoms with E-state index in [2.05, 4.69) is 10.6 Å². The third kappa shape index (κ3) is 6.73. The van der Waals surface area contributed by atoms with E-state index in [9.17, 15) is 27.6 Å². The van der Waals surface area contributed by atoms with Crippen LogP contribution in [0.15, 0.2) is 36.4 Å². The molecule has 0 radical (unpaired) electrons. The molecule has 1 atom stereocenters. The molecule has 0 aliphatic rings. The molecule has 2 aromatic rings. The molecule has 0 saturated heterocycles. The fourth-order valence-electron chi connectivity index (χ4n) is 2.62. The van der Waals surface area contributed by atoms with E-state index in [4.69, 9.17) is 4.74 Å². The normalized spacial score (nSPS) is 11.4. The number of anilines is 2. The summed E-state index contributed by atoms with van der Waals surface area (Å²) >= 11 is 0. The van der Waals surface area contributed by atoms with Crippen LogP contribution in [0.5, 0.6) is 0 Å². The van der Waals surface area contributed by atoms with Gasteiger partial charge in [0.15, 0.2) is 23.6 Å². The zero-order chi connectivity index (χ0) is 23.7. The van der Waals surface area contributed by atoms with Gasteiger partial charge in [-0.1, -0.05) is 25.5 Å². The van der Waals surface area contributed by atoms with E-state index < -0.39 is 53.6 Å². The maximum absolute atomic E-state index is 13.6. The Morgan fingerprint density at radius 1 is 1.00 bits per heavy atom. The number of nitrogens with one attached hydrogen (secondary N) is 3. The fourth-order valence-corrected chi connectivity index (χ4v) is 2.62. The Labute approximate surface area is 183 Å². The van der Waals surface area contributed by atoms with Crippen molar-refractivity contribution < 1.29 is 32.3 Å². The van der Waals surface area contributed by atoms with Gasteiger partial charge in [-0.25, -0.2) is 18.0 Å². The molecule has 0 fully saturated rings. The van der Waals surface area contributed by atoms with Crippen molar-refractivity contribution in [1.29, 1.82) is 0 Å². The molecule has 3 N–H and O–H groups in total. The molecule has 2 aromatic carbocycles. The summed E-state index contributed by atoms with van der Waals surface area (Å²) in [5, 5.41) is 7.38. The topological polar surface area (TPSA) is 96.5 Å². The minimum atomic E-state index is -1.73. The van der Waals surface area contributed by atoms with Crippen molar-refractivity contribution in [3.63, 3.8) is 0 Å². The Morgan fingerprint density at radius 3 is 2.44 bits per heavy atom. The minimum Gasteiger partial charge on any atom is -0.449 e. The minimum absolute atomic E-state index is 0.259. The summed E-state index contributed by atoms with van der Waals surface area (Å²) in [6, 6.07) is 8.21. The van der Waals surface area contributed by atoms with Crippen LogP contribution in [0.4, 0.5) is 24.5 Å². The Bertz CT molecular complexity index is 985. The Kier molecular flexibility index (Phi) is 9.06. The van der Waals surface area contributed by atoms with Crippen LogP contribution in [-0.2, 0) is 14.3 Å². The summed E-state index contributed by atoms with van der Waals surface area (Å²) in [5.74, 6) is -7.05. The van der Waals surface area contributed by atoms with Crippen molar-refractivity contribution in [3.05, 3.63) is 59.4 Å². The Balaban J connectivity index is 1.88. The largest absolute Gasteiger partial charge is 0.449 e. The number of hydrogen-bond donors (Lipinski definition) is 3. The SMILES string of the molecule is CCCCNc1ccccc1C(=O)OC(C)C(=O)NCC(=O)Nc1ccc(F)c(F)c1F. The van der Waals surface area contributed by atoms with Gasteiger partial charge in [0, 0.05) is 12.2 Å². The monoisotopic (exact) mass is 451 g/mol. The summed E-state index contributed by atoms with van der Waals surface area (Å²) in [7, 11) is 0. The molecule has 0 aliphatic carbocycles. The van der Waals surface area contributed by atoms with Crippen LogP contribution in [0.2, 0.25) is 0 Å². The van der Waals surface area contributed by atoms with Gasteiger partial charge in [0.05, 0.1) is 17.8 Å². The summed E-state index contributed by atoms with van der Waals surface area (Å²) in [4.78, 5) is 36.5. The summed E-state index contributed by atoms with van der Waals surface area (Å²) in [6.45, 7) is 3.43. The number of unbranched alkanes of at least 4 members (excludes halogenated alkanes) is 1. The molecule has 172 valence electrons. The third-order valence-electron chi connectivity index (χ3n) is 4.38. The molecule has 10 heteroatoms. The van der Waals surface area contributed by atoms with Crippen molar-refractivity contribution in [2.45, 2.75) is 32.8 Å². The van der Waals surface area contributed by atoms with E-state index in [1.807, 2.05) is 12.2 Å². The number of hydrogen-bond acceptors (Lipinski definition) is 5. The quantitative estimate of drug-likeness (QED) is 0.291. The Morgan fingerprint density at radius 2 is 1.72 bits per heavy atom. The van der Waals surface area contributed by atoms with E-state index in [0.29, 0.717) is 18.3 Å². The average molecular weight is 451 g/mol. The van der Waals surface area contributed by atoms with E-state index in [1.165, 1.54) is 6.92 Å². The highest BCUT2D eigenvalue weighted by molar-refractivity contribution is 5.98. The van der Waals surface area contributed by atoms with Crippen LogP contribution in [0.1, 0.15) is 37.0 Å². The molecular weight excluding hydrogens is 427 g/mol. The first-order valence-corrected chi connectivity index (χ1v) is 9.99. The van der Waals surface area contributed by atoms with Crippen LogP contribution in [0, 0.1) is 17.5 Å². The first-order chi connectivity index (χ1) is 15.2. The van der Waals surface area contributed by atoms with Crippen LogP contribution in [0.3, 0.4) is 0 Å².